The van der Waals surface area contributed by atoms with Crippen molar-refractivity contribution in [2.45, 2.75) is 95.3 Å². The van der Waals surface area contributed by atoms with E-state index in [4.69, 9.17) is 4.74 Å². The first-order valence-electron chi connectivity index (χ1n) is 11.8. The third-order valence-corrected chi connectivity index (χ3v) is 6.44. The van der Waals surface area contributed by atoms with Crippen molar-refractivity contribution in [3.8, 4) is 11.5 Å². The molecule has 0 aliphatic rings. The van der Waals surface area contributed by atoms with Gasteiger partial charge < -0.3 is 9.29 Å². The summed E-state index contributed by atoms with van der Waals surface area (Å²) in [6, 6.07) is 13.6. The van der Waals surface area contributed by atoms with Gasteiger partial charge in [0.25, 0.3) is 0 Å². The van der Waals surface area contributed by atoms with E-state index in [1.807, 2.05) is 12.1 Å². The number of hydrogen-bond acceptors (Lipinski definition) is 4. The van der Waals surface area contributed by atoms with E-state index in [1.54, 1.807) is 12.1 Å². The molecule has 0 spiro atoms. The van der Waals surface area contributed by atoms with Crippen molar-refractivity contribution in [3.05, 3.63) is 54.1 Å². The fourth-order valence-corrected chi connectivity index (χ4v) is 4.40. The zero-order valence-corrected chi connectivity index (χ0v) is 23.8. The van der Waals surface area contributed by atoms with E-state index in [1.165, 1.54) is 88.8 Å². The molecule has 0 atom stereocenters. The van der Waals surface area contributed by atoms with Gasteiger partial charge in [-0.15, -0.1) is 0 Å². The Labute approximate surface area is 237 Å². The van der Waals surface area contributed by atoms with Gasteiger partial charge in [0.05, 0.1) is 4.90 Å². The van der Waals surface area contributed by atoms with E-state index in [0.717, 1.165) is 18.4 Å². The maximum atomic E-state index is 11.4. The van der Waals surface area contributed by atoms with Crippen molar-refractivity contribution < 1.29 is 69.1 Å². The SMILES string of the molecule is CCCCCCCCCCCCCCc1cccc(Oc2ccccc2S(=O)(=O)[O-])c1.[K+]. The summed E-state index contributed by atoms with van der Waals surface area (Å²) in [5.41, 5.74) is 1.16. The third-order valence-electron chi connectivity index (χ3n) is 5.56. The Balaban J connectivity index is 0.00000512. The predicted octanol–water partition coefficient (Wildman–Crippen LogP) is 4.63. The van der Waals surface area contributed by atoms with Crippen molar-refractivity contribution in [1.29, 1.82) is 0 Å². The van der Waals surface area contributed by atoms with Gasteiger partial charge in [0, 0.05) is 0 Å². The number of hydrogen-bond donors (Lipinski definition) is 0. The van der Waals surface area contributed by atoms with E-state index in [0.29, 0.717) is 5.75 Å². The Kier molecular flexibility index (Phi) is 16.1. The minimum absolute atomic E-state index is 0. The second kappa shape index (κ2) is 17.3. The van der Waals surface area contributed by atoms with Gasteiger partial charge in [-0.1, -0.05) is 102 Å². The molecule has 2 aromatic rings. The van der Waals surface area contributed by atoms with E-state index >= 15 is 0 Å². The number of ether oxygens (including phenoxy) is 1. The summed E-state index contributed by atoms with van der Waals surface area (Å²) in [4.78, 5) is -0.332. The van der Waals surface area contributed by atoms with Crippen molar-refractivity contribution in [1.82, 2.24) is 0 Å². The summed E-state index contributed by atoms with van der Waals surface area (Å²) < 4.78 is 40.0. The molecule has 0 saturated heterocycles. The summed E-state index contributed by atoms with van der Waals surface area (Å²) in [6.07, 6.45) is 16.9. The number of benzene rings is 2. The average molecular weight is 485 g/mol. The first kappa shape index (κ1) is 29.8. The van der Waals surface area contributed by atoms with Crippen LogP contribution >= 0.6 is 0 Å². The molecule has 2 rings (SSSR count). The summed E-state index contributed by atoms with van der Waals surface area (Å²) in [6.45, 7) is 2.26. The van der Waals surface area contributed by atoms with E-state index in [9.17, 15) is 13.0 Å². The van der Waals surface area contributed by atoms with E-state index in [2.05, 4.69) is 13.0 Å². The average Bonchev–Trinajstić information content (AvgIpc) is 2.74. The van der Waals surface area contributed by atoms with Crippen LogP contribution in [0.4, 0.5) is 0 Å². The topological polar surface area (TPSA) is 66.4 Å². The first-order chi connectivity index (χ1) is 15.0. The van der Waals surface area contributed by atoms with Crippen LogP contribution in [0.2, 0.25) is 0 Å². The molecule has 0 radical (unpaired) electrons. The van der Waals surface area contributed by atoms with Crippen LogP contribution in [0, 0.1) is 0 Å². The zero-order chi connectivity index (χ0) is 22.4. The van der Waals surface area contributed by atoms with Gasteiger partial charge in [-0.05, 0) is 42.7 Å². The van der Waals surface area contributed by atoms with Crippen LogP contribution in [0.15, 0.2) is 53.4 Å². The molecular formula is C26H37KO4S. The monoisotopic (exact) mass is 484 g/mol. The molecule has 0 fully saturated rings. The molecule has 0 unspecified atom stereocenters. The Morgan fingerprint density at radius 1 is 0.750 bits per heavy atom. The molecule has 0 aliphatic carbocycles. The molecule has 32 heavy (non-hydrogen) atoms. The quantitative estimate of drug-likeness (QED) is 0.198. The van der Waals surface area contributed by atoms with Gasteiger partial charge in [-0.25, -0.2) is 8.42 Å². The van der Waals surface area contributed by atoms with Crippen LogP contribution in [0.1, 0.15) is 89.5 Å². The molecule has 0 aromatic heterocycles. The second-order valence-corrected chi connectivity index (χ2v) is 9.64. The summed E-state index contributed by atoms with van der Waals surface area (Å²) in [7, 11) is -4.57. The summed E-state index contributed by atoms with van der Waals surface area (Å²) in [5, 5.41) is 0. The fraction of sp³-hybridized carbons (Fsp3) is 0.538. The number of para-hydroxylation sites is 1. The van der Waals surface area contributed by atoms with Gasteiger partial charge >= 0.3 is 51.4 Å². The largest absolute Gasteiger partial charge is 1.00 e. The van der Waals surface area contributed by atoms with Gasteiger partial charge in [0.2, 0.25) is 0 Å². The Hall–Kier alpha value is -0.214. The first-order valence-corrected chi connectivity index (χ1v) is 13.2. The van der Waals surface area contributed by atoms with Crippen molar-refractivity contribution in [3.63, 3.8) is 0 Å². The minimum atomic E-state index is -4.57. The number of rotatable bonds is 16. The van der Waals surface area contributed by atoms with Crippen LogP contribution in [0.5, 0.6) is 11.5 Å². The van der Waals surface area contributed by atoms with Gasteiger partial charge in [-0.2, -0.15) is 0 Å². The van der Waals surface area contributed by atoms with Crippen LogP contribution in [0.25, 0.3) is 0 Å². The summed E-state index contributed by atoms with van der Waals surface area (Å²) >= 11 is 0. The van der Waals surface area contributed by atoms with Crippen molar-refractivity contribution in [2.24, 2.45) is 0 Å². The van der Waals surface area contributed by atoms with Crippen LogP contribution in [-0.2, 0) is 16.5 Å². The molecule has 0 heterocycles. The second-order valence-electron chi connectivity index (χ2n) is 8.29. The Morgan fingerprint density at radius 3 is 1.91 bits per heavy atom. The molecule has 0 saturated carbocycles. The normalized spacial score (nSPS) is 11.2. The van der Waals surface area contributed by atoms with Crippen molar-refractivity contribution >= 4 is 10.1 Å². The van der Waals surface area contributed by atoms with Gasteiger partial charge in [-0.3, -0.25) is 0 Å². The Bertz CT molecular complexity index is 868. The number of unbranched alkanes of at least 4 members (excludes halogenated alkanes) is 11. The smallest absolute Gasteiger partial charge is 0.744 e. The molecule has 0 amide bonds. The molecule has 0 aliphatic heterocycles. The molecule has 6 heteroatoms. The van der Waals surface area contributed by atoms with E-state index < -0.39 is 10.1 Å². The molecular weight excluding hydrogens is 447 g/mol. The van der Waals surface area contributed by atoms with Gasteiger partial charge in [0.1, 0.15) is 21.6 Å². The van der Waals surface area contributed by atoms with Gasteiger partial charge in [0.15, 0.2) is 0 Å². The standard InChI is InChI=1S/C26H38O4S.K/c1-2-3-4-5-6-7-8-9-10-11-12-13-17-23-18-16-19-24(22-23)30-25-20-14-15-21-26(25)31(27,28)29;/h14-16,18-22H,2-13,17H2,1H3,(H,27,28,29);/q;+1/p-1. The third kappa shape index (κ3) is 12.3. The van der Waals surface area contributed by atoms with Crippen LogP contribution in [-0.4, -0.2) is 13.0 Å². The van der Waals surface area contributed by atoms with Crippen LogP contribution in [0.3, 0.4) is 0 Å². The van der Waals surface area contributed by atoms with Crippen LogP contribution < -0.4 is 56.1 Å². The maximum absolute atomic E-state index is 11.4. The summed E-state index contributed by atoms with van der Waals surface area (Å²) in [5.74, 6) is 0.618. The molecule has 172 valence electrons. The Morgan fingerprint density at radius 2 is 1.31 bits per heavy atom. The fourth-order valence-electron chi connectivity index (χ4n) is 3.80. The minimum Gasteiger partial charge on any atom is -0.744 e. The van der Waals surface area contributed by atoms with E-state index in [-0.39, 0.29) is 62.0 Å². The predicted molar refractivity (Wildman–Crippen MR) is 126 cm³/mol. The number of aryl methyl sites for hydroxylation is 1. The molecule has 0 N–H and O–H groups in total. The molecule has 0 bridgehead atoms. The maximum Gasteiger partial charge on any atom is 1.00 e. The van der Waals surface area contributed by atoms with Crippen molar-refractivity contribution in [2.75, 3.05) is 0 Å². The zero-order valence-electron chi connectivity index (χ0n) is 19.9. The molecule has 4 nitrogen and oxygen atoms in total. The molecule has 2 aromatic carbocycles.